The number of hydrogen-bond acceptors (Lipinski definition) is 4. The maximum atomic E-state index is 11.2. The maximum Gasteiger partial charge on any atom is 0.150 e. The Bertz CT molecular complexity index is 304. The van der Waals surface area contributed by atoms with E-state index in [1.54, 1.807) is 0 Å². The molecule has 0 saturated carbocycles. The summed E-state index contributed by atoms with van der Waals surface area (Å²) in [4.78, 5) is 0. The highest BCUT2D eigenvalue weighted by Crippen LogP contribution is 2.21. The van der Waals surface area contributed by atoms with Crippen LogP contribution in [0.25, 0.3) is 0 Å². The number of rotatable bonds is 1. The average Bonchev–Trinajstić information content (AvgIpc) is 2.18. The first-order chi connectivity index (χ1) is 6.05. The molecule has 0 amide bonds. The third-order valence-electron chi connectivity index (χ3n) is 2.42. The fourth-order valence-corrected chi connectivity index (χ4v) is 2.98. The highest BCUT2D eigenvalue weighted by Gasteiger charge is 2.27. The van der Waals surface area contributed by atoms with Crippen molar-refractivity contribution in [2.75, 3.05) is 11.5 Å². The van der Waals surface area contributed by atoms with E-state index >= 15 is 0 Å². The number of nitriles is 1. The van der Waals surface area contributed by atoms with E-state index in [1.807, 2.05) is 6.07 Å². The van der Waals surface area contributed by atoms with Crippen LogP contribution in [-0.2, 0) is 9.84 Å². The normalized spacial score (nSPS) is 33.2. The van der Waals surface area contributed by atoms with Gasteiger partial charge in [0.25, 0.3) is 0 Å². The summed E-state index contributed by atoms with van der Waals surface area (Å²) < 4.78 is 22.3. The van der Waals surface area contributed by atoms with E-state index in [1.165, 1.54) is 0 Å². The van der Waals surface area contributed by atoms with Gasteiger partial charge in [0.2, 0.25) is 0 Å². The van der Waals surface area contributed by atoms with Gasteiger partial charge in [0, 0.05) is 6.42 Å². The fraction of sp³-hybridized carbons (Fsp3) is 0.875. The van der Waals surface area contributed by atoms with Crippen LogP contribution in [0.4, 0.5) is 0 Å². The molecule has 2 atom stereocenters. The second-order valence-electron chi connectivity index (χ2n) is 3.42. The first kappa shape index (κ1) is 10.5. The van der Waals surface area contributed by atoms with E-state index in [9.17, 15) is 13.5 Å². The molecule has 1 aliphatic heterocycles. The molecule has 0 aromatic rings. The molecule has 0 aromatic carbocycles. The molecule has 13 heavy (non-hydrogen) atoms. The van der Waals surface area contributed by atoms with Gasteiger partial charge in [-0.05, 0) is 18.8 Å². The van der Waals surface area contributed by atoms with Crippen molar-refractivity contribution in [3.05, 3.63) is 0 Å². The second kappa shape index (κ2) is 4.07. The van der Waals surface area contributed by atoms with E-state index in [4.69, 9.17) is 5.26 Å². The van der Waals surface area contributed by atoms with Crippen molar-refractivity contribution in [1.29, 1.82) is 5.26 Å². The van der Waals surface area contributed by atoms with Crippen molar-refractivity contribution >= 4 is 9.84 Å². The van der Waals surface area contributed by atoms with Crippen LogP contribution in [0.15, 0.2) is 0 Å². The van der Waals surface area contributed by atoms with Gasteiger partial charge in [-0.15, -0.1) is 0 Å². The van der Waals surface area contributed by atoms with Crippen molar-refractivity contribution in [1.82, 2.24) is 0 Å². The SMILES string of the molecule is N#CC[C@H]1CCS(=O)(=O)CC[C@@H]1O. The lowest BCUT2D eigenvalue weighted by Crippen LogP contribution is -2.19. The van der Waals surface area contributed by atoms with Crippen molar-refractivity contribution < 1.29 is 13.5 Å². The summed E-state index contributed by atoms with van der Waals surface area (Å²) in [6.07, 6.45) is 0.305. The largest absolute Gasteiger partial charge is 0.393 e. The molecule has 0 spiro atoms. The number of hydrogen-bond donors (Lipinski definition) is 1. The monoisotopic (exact) mass is 203 g/mol. The summed E-state index contributed by atoms with van der Waals surface area (Å²) in [7, 11) is -2.97. The van der Waals surface area contributed by atoms with Crippen LogP contribution in [0.3, 0.4) is 0 Å². The number of aliphatic hydroxyl groups is 1. The van der Waals surface area contributed by atoms with Crippen LogP contribution in [0.2, 0.25) is 0 Å². The summed E-state index contributed by atoms with van der Waals surface area (Å²) in [5.41, 5.74) is 0. The molecule has 1 saturated heterocycles. The minimum absolute atomic E-state index is 0.0517. The Morgan fingerprint density at radius 2 is 2.00 bits per heavy atom. The standard InChI is InChI=1S/C8H13NO3S/c9-4-1-7-2-5-13(11,12)6-3-8(7)10/h7-8,10H,1-3,5-6H2/t7-,8-/m0/s1. The lowest BCUT2D eigenvalue weighted by atomic mass is 9.95. The van der Waals surface area contributed by atoms with Gasteiger partial charge in [0.05, 0.1) is 23.7 Å². The minimum Gasteiger partial charge on any atom is -0.393 e. The van der Waals surface area contributed by atoms with Gasteiger partial charge in [-0.2, -0.15) is 5.26 Å². The Morgan fingerprint density at radius 1 is 1.38 bits per heavy atom. The van der Waals surface area contributed by atoms with Gasteiger partial charge in [0.1, 0.15) is 9.84 Å². The molecule has 74 valence electrons. The lowest BCUT2D eigenvalue weighted by molar-refractivity contribution is 0.107. The van der Waals surface area contributed by atoms with Gasteiger partial charge in [0.15, 0.2) is 0 Å². The van der Waals surface area contributed by atoms with Gasteiger partial charge >= 0.3 is 0 Å². The zero-order chi connectivity index (χ0) is 9.90. The van der Waals surface area contributed by atoms with Crippen LogP contribution >= 0.6 is 0 Å². The molecule has 0 aromatic heterocycles. The van der Waals surface area contributed by atoms with Crippen LogP contribution in [0.5, 0.6) is 0 Å². The second-order valence-corrected chi connectivity index (χ2v) is 5.72. The molecule has 1 aliphatic rings. The topological polar surface area (TPSA) is 78.2 Å². The van der Waals surface area contributed by atoms with Gasteiger partial charge in [-0.3, -0.25) is 0 Å². The highest BCUT2D eigenvalue weighted by molar-refractivity contribution is 7.91. The first-order valence-corrected chi connectivity index (χ1v) is 6.13. The van der Waals surface area contributed by atoms with Gasteiger partial charge < -0.3 is 5.11 Å². The Morgan fingerprint density at radius 3 is 2.62 bits per heavy atom. The lowest BCUT2D eigenvalue weighted by Gasteiger charge is -2.15. The molecule has 1 heterocycles. The summed E-state index contributed by atoms with van der Waals surface area (Å²) in [5.74, 6) is -0.00533. The van der Waals surface area contributed by atoms with Gasteiger partial charge in [-0.1, -0.05) is 0 Å². The fourth-order valence-electron chi connectivity index (χ4n) is 1.52. The molecular weight excluding hydrogens is 190 g/mol. The number of nitrogens with zero attached hydrogens (tertiary/aromatic N) is 1. The van der Waals surface area contributed by atoms with E-state index < -0.39 is 15.9 Å². The Labute approximate surface area is 78.1 Å². The van der Waals surface area contributed by atoms with Crippen molar-refractivity contribution in [2.24, 2.45) is 5.92 Å². The summed E-state index contributed by atoms with van der Waals surface area (Å²) in [6, 6.07) is 1.97. The molecule has 5 heteroatoms. The predicted octanol–water partition coefficient (Wildman–Crippen LogP) is 0.0858. The van der Waals surface area contributed by atoms with Crippen molar-refractivity contribution in [2.45, 2.75) is 25.4 Å². The summed E-state index contributed by atoms with van der Waals surface area (Å²) in [5, 5.41) is 17.9. The van der Waals surface area contributed by atoms with Crippen LogP contribution in [0.1, 0.15) is 19.3 Å². The van der Waals surface area contributed by atoms with Crippen LogP contribution in [0, 0.1) is 17.2 Å². The zero-order valence-corrected chi connectivity index (χ0v) is 8.13. The summed E-state index contributed by atoms with van der Waals surface area (Å²) in [6.45, 7) is 0. The maximum absolute atomic E-state index is 11.2. The number of sulfone groups is 1. The van der Waals surface area contributed by atoms with Gasteiger partial charge in [-0.25, -0.2) is 8.42 Å². The van der Waals surface area contributed by atoms with E-state index in [0.717, 1.165) is 0 Å². The van der Waals surface area contributed by atoms with Crippen molar-refractivity contribution in [3.8, 4) is 6.07 Å². The Balaban J connectivity index is 2.66. The third kappa shape index (κ3) is 2.98. The summed E-state index contributed by atoms with van der Waals surface area (Å²) >= 11 is 0. The molecule has 0 radical (unpaired) electrons. The van der Waals surface area contributed by atoms with Crippen molar-refractivity contribution in [3.63, 3.8) is 0 Å². The average molecular weight is 203 g/mol. The van der Waals surface area contributed by atoms with Crippen LogP contribution in [-0.4, -0.2) is 31.1 Å². The first-order valence-electron chi connectivity index (χ1n) is 4.30. The Kier molecular flexibility index (Phi) is 3.28. The van der Waals surface area contributed by atoms with E-state index in [0.29, 0.717) is 6.42 Å². The minimum atomic E-state index is -2.97. The third-order valence-corrected chi connectivity index (χ3v) is 4.14. The molecular formula is C8H13NO3S. The van der Waals surface area contributed by atoms with E-state index in [-0.39, 0.29) is 30.3 Å². The molecule has 0 bridgehead atoms. The molecule has 1 fully saturated rings. The quantitative estimate of drug-likeness (QED) is 0.655. The highest BCUT2D eigenvalue weighted by atomic mass is 32.2. The molecule has 4 nitrogen and oxygen atoms in total. The molecule has 1 N–H and O–H groups in total. The molecule has 0 aliphatic carbocycles. The predicted molar refractivity (Wildman–Crippen MR) is 47.6 cm³/mol. The smallest absolute Gasteiger partial charge is 0.150 e. The van der Waals surface area contributed by atoms with E-state index in [2.05, 4.69) is 0 Å². The zero-order valence-electron chi connectivity index (χ0n) is 7.31. The number of aliphatic hydroxyl groups excluding tert-OH is 1. The molecule has 1 rings (SSSR count). The molecule has 0 unspecified atom stereocenters. The van der Waals surface area contributed by atoms with Crippen LogP contribution < -0.4 is 0 Å². The Hall–Kier alpha value is -0.600.